The molecule has 0 unspecified atom stereocenters. The van der Waals surface area contributed by atoms with Gasteiger partial charge in [0, 0.05) is 18.0 Å². The Bertz CT molecular complexity index is 923. The molecule has 1 N–H and O–H groups in total. The number of nitrogens with zero attached hydrogens (tertiary/aromatic N) is 3. The highest BCUT2D eigenvalue weighted by Gasteiger charge is 2.25. The molecule has 0 bridgehead atoms. The Labute approximate surface area is 171 Å². The Morgan fingerprint density at radius 2 is 2.04 bits per heavy atom. The molecule has 2 heterocycles. The largest absolute Gasteiger partial charge is 0.339 e. The van der Waals surface area contributed by atoms with Gasteiger partial charge in [-0.15, -0.1) is 22.0 Å². The van der Waals surface area contributed by atoms with E-state index in [0.29, 0.717) is 23.0 Å². The minimum atomic E-state index is -3.85. The first-order chi connectivity index (χ1) is 12.9. The van der Waals surface area contributed by atoms with Gasteiger partial charge in [0.2, 0.25) is 5.13 Å². The molecule has 3 rings (SSSR count). The van der Waals surface area contributed by atoms with Gasteiger partial charge in [0.1, 0.15) is 0 Å². The summed E-state index contributed by atoms with van der Waals surface area (Å²) in [6, 6.07) is 4.65. The van der Waals surface area contributed by atoms with E-state index < -0.39 is 10.0 Å². The first-order valence-electron chi connectivity index (χ1n) is 8.41. The van der Waals surface area contributed by atoms with Crippen LogP contribution in [0.5, 0.6) is 0 Å². The third-order valence-corrected chi connectivity index (χ3v) is 8.12. The van der Waals surface area contributed by atoms with Crippen molar-refractivity contribution in [2.45, 2.75) is 33.9 Å². The average Bonchev–Trinajstić information content (AvgIpc) is 3.33. The second-order valence-electron chi connectivity index (χ2n) is 5.77. The van der Waals surface area contributed by atoms with E-state index in [1.807, 2.05) is 13.2 Å². The fourth-order valence-electron chi connectivity index (χ4n) is 2.72. The van der Waals surface area contributed by atoms with Gasteiger partial charge in [-0.1, -0.05) is 30.0 Å². The van der Waals surface area contributed by atoms with Crippen molar-refractivity contribution in [1.82, 2.24) is 15.1 Å². The number of carbonyl (C=O) groups excluding carboxylic acids is 1. The maximum atomic E-state index is 12.8. The molecule has 7 nitrogen and oxygen atoms in total. The van der Waals surface area contributed by atoms with Gasteiger partial charge < -0.3 is 4.90 Å². The van der Waals surface area contributed by atoms with E-state index in [-0.39, 0.29) is 15.9 Å². The lowest BCUT2D eigenvalue weighted by atomic mass is 10.2. The summed E-state index contributed by atoms with van der Waals surface area (Å²) in [5.74, 6) is 0.714. The molecule has 1 aromatic heterocycles. The van der Waals surface area contributed by atoms with Crippen LogP contribution >= 0.6 is 34.9 Å². The molecule has 0 aliphatic carbocycles. The van der Waals surface area contributed by atoms with Crippen LogP contribution < -0.4 is 4.72 Å². The molecule has 27 heavy (non-hydrogen) atoms. The quantitative estimate of drug-likeness (QED) is 0.654. The number of aromatic nitrogens is 2. The zero-order chi connectivity index (χ0) is 19.4. The summed E-state index contributed by atoms with van der Waals surface area (Å²) in [4.78, 5) is 15.4. The molecule has 1 aliphatic heterocycles. The highest BCUT2D eigenvalue weighted by molar-refractivity contribution is 8.01. The van der Waals surface area contributed by atoms with E-state index in [0.717, 1.165) is 23.5 Å². The van der Waals surface area contributed by atoms with Crippen LogP contribution in [0.2, 0.25) is 0 Å². The Hall–Kier alpha value is -1.30. The summed E-state index contributed by atoms with van der Waals surface area (Å²) in [7, 11) is -3.85. The SMILES string of the molecule is CCSc1nnc(NS(=O)(=O)c2ccc(SC)c(C(=O)N3CCCC3)c2)s1. The first-order valence-corrected chi connectivity index (χ1v) is 12.9. The summed E-state index contributed by atoms with van der Waals surface area (Å²) in [5.41, 5.74) is 0.423. The average molecular weight is 445 g/mol. The van der Waals surface area contributed by atoms with Crippen LogP contribution in [0.1, 0.15) is 30.1 Å². The molecule has 0 radical (unpaired) electrons. The Morgan fingerprint density at radius 3 is 2.70 bits per heavy atom. The van der Waals surface area contributed by atoms with Crippen molar-refractivity contribution in [1.29, 1.82) is 0 Å². The highest BCUT2D eigenvalue weighted by atomic mass is 32.2. The van der Waals surface area contributed by atoms with Crippen LogP contribution in [0.25, 0.3) is 0 Å². The normalized spacial score (nSPS) is 14.5. The number of rotatable bonds is 7. The first kappa shape index (κ1) is 20.4. The van der Waals surface area contributed by atoms with Gasteiger partial charge in [-0.3, -0.25) is 9.52 Å². The molecule has 1 amide bonds. The van der Waals surface area contributed by atoms with Crippen LogP contribution in [0.4, 0.5) is 5.13 Å². The smallest absolute Gasteiger partial charge is 0.263 e. The van der Waals surface area contributed by atoms with E-state index in [1.165, 1.54) is 47.0 Å². The molecule has 1 saturated heterocycles. The zero-order valence-electron chi connectivity index (χ0n) is 15.0. The predicted octanol–water partition coefficient (Wildman–Crippen LogP) is 3.41. The number of amides is 1. The molecule has 1 aliphatic rings. The topological polar surface area (TPSA) is 92.3 Å². The number of anilines is 1. The summed E-state index contributed by atoms with van der Waals surface area (Å²) >= 11 is 4.12. The summed E-state index contributed by atoms with van der Waals surface area (Å²) in [6.07, 6.45) is 3.83. The van der Waals surface area contributed by atoms with Gasteiger partial charge in [-0.05, 0) is 43.0 Å². The van der Waals surface area contributed by atoms with Crippen LogP contribution in [-0.2, 0) is 10.0 Å². The van der Waals surface area contributed by atoms with Crippen LogP contribution in [0.3, 0.4) is 0 Å². The molecular formula is C16H20N4O3S4. The lowest BCUT2D eigenvalue weighted by molar-refractivity contribution is 0.0789. The van der Waals surface area contributed by atoms with Gasteiger partial charge in [0.05, 0.1) is 10.5 Å². The third kappa shape index (κ3) is 4.76. The van der Waals surface area contributed by atoms with E-state index in [9.17, 15) is 13.2 Å². The molecule has 0 saturated carbocycles. The lowest BCUT2D eigenvalue weighted by Gasteiger charge is -2.18. The van der Waals surface area contributed by atoms with Gasteiger partial charge in [0.25, 0.3) is 15.9 Å². The molecule has 11 heteroatoms. The van der Waals surface area contributed by atoms with Crippen molar-refractivity contribution in [2.75, 3.05) is 29.8 Å². The number of nitrogens with one attached hydrogen (secondary N) is 1. The Morgan fingerprint density at radius 1 is 1.30 bits per heavy atom. The monoisotopic (exact) mass is 444 g/mol. The standard InChI is InChI=1S/C16H20N4O3S4/c1-3-25-16-18-17-15(26-16)19-27(22,23)11-6-7-13(24-2)12(10-11)14(21)20-8-4-5-9-20/h6-7,10H,3-5,8-9H2,1-2H3,(H,17,19). The van der Waals surface area contributed by atoms with Crippen LogP contribution in [0, 0.1) is 0 Å². The predicted molar refractivity (Wildman–Crippen MR) is 110 cm³/mol. The zero-order valence-corrected chi connectivity index (χ0v) is 18.2. The number of thioether (sulfide) groups is 2. The van der Waals surface area contributed by atoms with Gasteiger partial charge >= 0.3 is 0 Å². The van der Waals surface area contributed by atoms with E-state index >= 15 is 0 Å². The summed E-state index contributed by atoms with van der Waals surface area (Å²) < 4.78 is 28.7. The fraction of sp³-hybridized carbons (Fsp3) is 0.438. The number of hydrogen-bond donors (Lipinski definition) is 1. The molecule has 146 valence electrons. The third-order valence-electron chi connectivity index (χ3n) is 4.00. The number of likely N-dealkylation sites (tertiary alicyclic amines) is 1. The van der Waals surface area contributed by atoms with Crippen molar-refractivity contribution < 1.29 is 13.2 Å². The fourth-order valence-corrected chi connectivity index (χ4v) is 6.19. The second kappa shape index (κ2) is 8.80. The van der Waals surface area contributed by atoms with Crippen molar-refractivity contribution in [3.05, 3.63) is 23.8 Å². The van der Waals surface area contributed by atoms with Crippen LogP contribution in [0.15, 0.2) is 32.3 Å². The molecular weight excluding hydrogens is 424 g/mol. The van der Waals surface area contributed by atoms with Crippen molar-refractivity contribution >= 4 is 55.9 Å². The van der Waals surface area contributed by atoms with Crippen LogP contribution in [-0.4, -0.2) is 54.5 Å². The second-order valence-corrected chi connectivity index (χ2v) is 10.8. The van der Waals surface area contributed by atoms with Crippen molar-refractivity contribution in [3.63, 3.8) is 0 Å². The highest BCUT2D eigenvalue weighted by Crippen LogP contribution is 2.29. The molecule has 0 spiro atoms. The maximum Gasteiger partial charge on any atom is 0.263 e. The summed E-state index contributed by atoms with van der Waals surface area (Å²) in [6.45, 7) is 3.41. The van der Waals surface area contributed by atoms with Gasteiger partial charge in [-0.2, -0.15) is 0 Å². The van der Waals surface area contributed by atoms with E-state index in [1.54, 1.807) is 11.0 Å². The van der Waals surface area contributed by atoms with E-state index in [4.69, 9.17) is 0 Å². The molecule has 1 aromatic carbocycles. The lowest BCUT2D eigenvalue weighted by Crippen LogP contribution is -2.28. The van der Waals surface area contributed by atoms with Crippen molar-refractivity contribution in [2.24, 2.45) is 0 Å². The number of sulfonamides is 1. The van der Waals surface area contributed by atoms with Gasteiger partial charge in [0.15, 0.2) is 4.34 Å². The number of benzene rings is 1. The van der Waals surface area contributed by atoms with E-state index in [2.05, 4.69) is 14.9 Å². The van der Waals surface area contributed by atoms with Crippen molar-refractivity contribution in [3.8, 4) is 0 Å². The maximum absolute atomic E-state index is 12.8. The van der Waals surface area contributed by atoms with Gasteiger partial charge in [-0.25, -0.2) is 8.42 Å². The molecule has 1 fully saturated rings. The minimum absolute atomic E-state index is 0.0442. The minimum Gasteiger partial charge on any atom is -0.339 e. The number of carbonyl (C=O) groups is 1. The Kier molecular flexibility index (Phi) is 6.66. The Balaban J connectivity index is 1.88. The molecule has 0 atom stereocenters. The summed E-state index contributed by atoms with van der Waals surface area (Å²) in [5, 5.41) is 8.04. The number of hydrogen-bond acceptors (Lipinski definition) is 8. The molecule has 2 aromatic rings.